The second kappa shape index (κ2) is 6.58. The second-order valence-electron chi connectivity index (χ2n) is 6.10. The largest absolute Gasteiger partial charge is 0.325 e. The maximum absolute atomic E-state index is 12.6. The van der Waals surface area contributed by atoms with Gasteiger partial charge in [-0.2, -0.15) is 5.26 Å². The van der Waals surface area contributed by atoms with E-state index in [9.17, 15) is 9.59 Å². The molecule has 1 saturated carbocycles. The Labute approximate surface area is 150 Å². The minimum Gasteiger partial charge on any atom is -0.325 e. The summed E-state index contributed by atoms with van der Waals surface area (Å²) in [6, 6.07) is 13.9. The van der Waals surface area contributed by atoms with Crippen LogP contribution in [0.2, 0.25) is 5.02 Å². The molecule has 0 saturated heterocycles. The number of halogens is 1. The van der Waals surface area contributed by atoms with Gasteiger partial charge in [0.1, 0.15) is 5.41 Å². The molecule has 2 N–H and O–H groups in total. The molecule has 1 fully saturated rings. The lowest BCUT2D eigenvalue weighted by Crippen LogP contribution is -2.35. The van der Waals surface area contributed by atoms with Crippen molar-refractivity contribution in [2.24, 2.45) is 5.41 Å². The molecule has 5 nitrogen and oxygen atoms in total. The summed E-state index contributed by atoms with van der Waals surface area (Å²) in [5.41, 5.74) is 1.24. The fourth-order valence-corrected chi connectivity index (χ4v) is 2.76. The Bertz CT molecular complexity index is 898. The Kier molecular flexibility index (Phi) is 4.47. The smallest absolute Gasteiger partial charge is 0.240 e. The fraction of sp³-hybridized carbons (Fsp3) is 0.211. The maximum Gasteiger partial charge on any atom is 0.240 e. The van der Waals surface area contributed by atoms with Crippen LogP contribution in [-0.4, -0.2) is 11.8 Å². The van der Waals surface area contributed by atoms with Crippen LogP contribution in [0.15, 0.2) is 42.5 Å². The highest BCUT2D eigenvalue weighted by Gasteiger charge is 2.56. The van der Waals surface area contributed by atoms with Crippen molar-refractivity contribution in [3.8, 4) is 6.07 Å². The van der Waals surface area contributed by atoms with Gasteiger partial charge in [-0.3, -0.25) is 9.59 Å². The van der Waals surface area contributed by atoms with E-state index in [4.69, 9.17) is 16.9 Å². The van der Waals surface area contributed by atoms with E-state index in [0.29, 0.717) is 34.8 Å². The summed E-state index contributed by atoms with van der Waals surface area (Å²) in [6.45, 7) is 1.81. The number of amides is 2. The van der Waals surface area contributed by atoms with Crippen molar-refractivity contribution < 1.29 is 9.59 Å². The quantitative estimate of drug-likeness (QED) is 0.818. The van der Waals surface area contributed by atoms with E-state index in [0.717, 1.165) is 5.56 Å². The third-order valence-corrected chi connectivity index (χ3v) is 4.79. The van der Waals surface area contributed by atoms with Crippen molar-refractivity contribution in [1.29, 1.82) is 5.26 Å². The van der Waals surface area contributed by atoms with E-state index in [1.807, 2.05) is 13.0 Å². The SMILES string of the molecule is Cc1c(Cl)cccc1NC(=O)C1(C(=O)Nc2cccc(C#N)c2)CC1. The lowest BCUT2D eigenvalue weighted by Gasteiger charge is -2.17. The number of carbonyl (C=O) groups is 2. The summed E-state index contributed by atoms with van der Waals surface area (Å²) < 4.78 is 0. The molecule has 0 unspecified atom stereocenters. The van der Waals surface area contributed by atoms with Gasteiger partial charge >= 0.3 is 0 Å². The molecule has 0 heterocycles. The molecule has 3 rings (SSSR count). The van der Waals surface area contributed by atoms with Crippen LogP contribution in [0, 0.1) is 23.7 Å². The number of hydrogen-bond acceptors (Lipinski definition) is 3. The molecule has 0 bridgehead atoms. The number of hydrogen-bond donors (Lipinski definition) is 2. The molecule has 25 heavy (non-hydrogen) atoms. The predicted octanol–water partition coefficient (Wildman–Crippen LogP) is 3.88. The maximum atomic E-state index is 12.6. The fourth-order valence-electron chi connectivity index (χ4n) is 2.58. The van der Waals surface area contributed by atoms with E-state index in [-0.39, 0.29) is 11.8 Å². The molecular weight excluding hydrogens is 338 g/mol. The third-order valence-electron chi connectivity index (χ3n) is 4.38. The normalized spacial score (nSPS) is 14.3. The topological polar surface area (TPSA) is 82.0 Å². The van der Waals surface area contributed by atoms with Gasteiger partial charge in [0.05, 0.1) is 11.6 Å². The van der Waals surface area contributed by atoms with Crippen molar-refractivity contribution in [1.82, 2.24) is 0 Å². The van der Waals surface area contributed by atoms with Crippen LogP contribution in [-0.2, 0) is 9.59 Å². The van der Waals surface area contributed by atoms with Gasteiger partial charge in [-0.15, -0.1) is 0 Å². The molecule has 2 amide bonds. The highest BCUT2D eigenvalue weighted by molar-refractivity contribution is 6.31. The van der Waals surface area contributed by atoms with Crippen LogP contribution in [0.25, 0.3) is 0 Å². The Morgan fingerprint density at radius 3 is 2.48 bits per heavy atom. The number of carbonyl (C=O) groups excluding carboxylic acids is 2. The number of anilines is 2. The van der Waals surface area contributed by atoms with Gasteiger partial charge in [0, 0.05) is 16.4 Å². The average molecular weight is 354 g/mol. The van der Waals surface area contributed by atoms with E-state index in [2.05, 4.69) is 10.6 Å². The number of rotatable bonds is 4. The monoisotopic (exact) mass is 353 g/mol. The summed E-state index contributed by atoms with van der Waals surface area (Å²) in [7, 11) is 0. The summed E-state index contributed by atoms with van der Waals surface area (Å²) in [6.07, 6.45) is 0.977. The lowest BCUT2D eigenvalue weighted by atomic mass is 10.0. The Hall–Kier alpha value is -2.84. The third kappa shape index (κ3) is 3.35. The first-order valence-corrected chi connectivity index (χ1v) is 8.22. The van der Waals surface area contributed by atoms with E-state index >= 15 is 0 Å². The summed E-state index contributed by atoms with van der Waals surface area (Å²) in [5, 5.41) is 15.0. The molecule has 0 aromatic heterocycles. The molecule has 6 heteroatoms. The highest BCUT2D eigenvalue weighted by Crippen LogP contribution is 2.47. The predicted molar refractivity (Wildman–Crippen MR) is 96.3 cm³/mol. The standard InChI is InChI=1S/C19H16ClN3O2/c1-12-15(20)6-3-7-16(12)23-18(25)19(8-9-19)17(24)22-14-5-2-4-13(10-14)11-21/h2-7,10H,8-9H2,1H3,(H,22,24)(H,23,25). The molecule has 0 radical (unpaired) electrons. The number of nitrogens with one attached hydrogen (secondary N) is 2. The highest BCUT2D eigenvalue weighted by atomic mass is 35.5. The number of benzene rings is 2. The van der Waals surface area contributed by atoms with Crippen LogP contribution < -0.4 is 10.6 Å². The molecule has 1 aliphatic carbocycles. The summed E-state index contributed by atoms with van der Waals surface area (Å²) >= 11 is 6.07. The second-order valence-corrected chi connectivity index (χ2v) is 6.50. The average Bonchev–Trinajstić information content (AvgIpc) is 3.41. The first-order chi connectivity index (χ1) is 12.0. The Morgan fingerprint density at radius 1 is 1.12 bits per heavy atom. The molecule has 0 spiro atoms. The van der Waals surface area contributed by atoms with Gasteiger partial charge in [-0.1, -0.05) is 23.7 Å². The summed E-state index contributed by atoms with van der Waals surface area (Å²) in [5.74, 6) is -0.702. The van der Waals surface area contributed by atoms with Gasteiger partial charge < -0.3 is 10.6 Å². The number of nitriles is 1. The van der Waals surface area contributed by atoms with Crippen LogP contribution >= 0.6 is 11.6 Å². The van der Waals surface area contributed by atoms with Crippen molar-refractivity contribution in [2.75, 3.05) is 10.6 Å². The first-order valence-electron chi connectivity index (χ1n) is 7.84. The number of nitrogens with zero attached hydrogens (tertiary/aromatic N) is 1. The van der Waals surface area contributed by atoms with Gasteiger partial charge in [0.15, 0.2) is 0 Å². The minimum absolute atomic E-state index is 0.341. The van der Waals surface area contributed by atoms with Crippen LogP contribution in [0.5, 0.6) is 0 Å². The van der Waals surface area contributed by atoms with Gasteiger partial charge in [-0.05, 0) is 55.7 Å². The van der Waals surface area contributed by atoms with E-state index in [1.165, 1.54) is 0 Å². The Morgan fingerprint density at radius 2 is 1.80 bits per heavy atom. The van der Waals surface area contributed by atoms with E-state index < -0.39 is 5.41 Å². The molecule has 1 aliphatic rings. The van der Waals surface area contributed by atoms with Crippen molar-refractivity contribution in [3.05, 3.63) is 58.6 Å². The lowest BCUT2D eigenvalue weighted by molar-refractivity contribution is -0.131. The van der Waals surface area contributed by atoms with Crippen molar-refractivity contribution in [2.45, 2.75) is 19.8 Å². The zero-order valence-electron chi connectivity index (χ0n) is 13.6. The molecule has 0 aliphatic heterocycles. The van der Waals surface area contributed by atoms with Crippen LogP contribution in [0.3, 0.4) is 0 Å². The van der Waals surface area contributed by atoms with Crippen molar-refractivity contribution in [3.63, 3.8) is 0 Å². The zero-order chi connectivity index (χ0) is 18.0. The molecular formula is C19H16ClN3O2. The molecule has 126 valence electrons. The molecule has 2 aromatic carbocycles. The summed E-state index contributed by atoms with van der Waals surface area (Å²) in [4.78, 5) is 25.2. The van der Waals surface area contributed by atoms with Crippen LogP contribution in [0.1, 0.15) is 24.0 Å². The molecule has 0 atom stereocenters. The van der Waals surface area contributed by atoms with Gasteiger partial charge in [0.25, 0.3) is 0 Å². The zero-order valence-corrected chi connectivity index (χ0v) is 14.4. The minimum atomic E-state index is -1.07. The first kappa shape index (κ1) is 17.0. The molecule has 2 aromatic rings. The van der Waals surface area contributed by atoms with Gasteiger partial charge in [-0.25, -0.2) is 0 Å². The van der Waals surface area contributed by atoms with E-state index in [1.54, 1.807) is 42.5 Å². The Balaban J connectivity index is 1.75. The van der Waals surface area contributed by atoms with Gasteiger partial charge in [0.2, 0.25) is 11.8 Å². The van der Waals surface area contributed by atoms with Crippen LogP contribution in [0.4, 0.5) is 11.4 Å². The van der Waals surface area contributed by atoms with Crippen molar-refractivity contribution >= 4 is 34.8 Å².